The number of amides is 1. The number of nitrogens with zero attached hydrogens (tertiary/aromatic N) is 2. The monoisotopic (exact) mass is 255 g/mol. The molecule has 102 valence electrons. The first kappa shape index (κ1) is 14.5. The van der Waals surface area contributed by atoms with E-state index in [4.69, 9.17) is 4.74 Å². The van der Waals surface area contributed by atoms with Gasteiger partial charge in [0.2, 0.25) is 0 Å². The maximum Gasteiger partial charge on any atom is 0.338 e. The maximum absolute atomic E-state index is 12.2. The van der Waals surface area contributed by atoms with E-state index in [1.807, 2.05) is 13.8 Å². The van der Waals surface area contributed by atoms with Crippen molar-refractivity contribution in [3.05, 3.63) is 11.3 Å². The molecule has 0 saturated carbocycles. The highest BCUT2D eigenvalue weighted by atomic mass is 16.5. The van der Waals surface area contributed by atoms with Gasteiger partial charge in [-0.1, -0.05) is 0 Å². The number of hydrazine groups is 1. The highest BCUT2D eigenvalue weighted by Crippen LogP contribution is 2.19. The number of carbonyl (C=O) groups is 2. The van der Waals surface area contributed by atoms with Crippen molar-refractivity contribution in [1.82, 2.24) is 15.3 Å². The van der Waals surface area contributed by atoms with E-state index < -0.39 is 5.97 Å². The van der Waals surface area contributed by atoms with E-state index in [1.165, 1.54) is 5.01 Å². The molecule has 1 heterocycles. The van der Waals surface area contributed by atoms with Gasteiger partial charge >= 0.3 is 5.97 Å². The van der Waals surface area contributed by atoms with Crippen LogP contribution in [-0.2, 0) is 14.3 Å². The number of carbonyl (C=O) groups excluding carboxylic acids is 2. The van der Waals surface area contributed by atoms with E-state index in [1.54, 1.807) is 26.0 Å². The zero-order valence-corrected chi connectivity index (χ0v) is 11.6. The minimum Gasteiger partial charge on any atom is -0.463 e. The summed E-state index contributed by atoms with van der Waals surface area (Å²) in [7, 11) is 3.53. The van der Waals surface area contributed by atoms with Crippen molar-refractivity contribution in [3.63, 3.8) is 0 Å². The molecular weight excluding hydrogens is 234 g/mol. The molecule has 0 radical (unpaired) electrons. The van der Waals surface area contributed by atoms with Crippen molar-refractivity contribution in [2.24, 2.45) is 0 Å². The van der Waals surface area contributed by atoms with Crippen LogP contribution < -0.4 is 5.32 Å². The lowest BCUT2D eigenvalue weighted by atomic mass is 10.2. The van der Waals surface area contributed by atoms with Gasteiger partial charge in [0.1, 0.15) is 5.70 Å². The molecule has 0 atom stereocenters. The van der Waals surface area contributed by atoms with Crippen molar-refractivity contribution in [2.75, 3.05) is 27.2 Å². The molecule has 0 aliphatic carbocycles. The maximum atomic E-state index is 12.2. The van der Waals surface area contributed by atoms with Gasteiger partial charge in [0.15, 0.2) is 0 Å². The molecule has 0 bridgehead atoms. The van der Waals surface area contributed by atoms with Crippen LogP contribution in [0.4, 0.5) is 0 Å². The Hall–Kier alpha value is -1.56. The van der Waals surface area contributed by atoms with Crippen LogP contribution in [0.3, 0.4) is 0 Å². The molecule has 1 aliphatic heterocycles. The summed E-state index contributed by atoms with van der Waals surface area (Å²) in [6, 6.07) is 0.0792. The minimum absolute atomic E-state index is 0.0792. The molecule has 1 rings (SSSR count). The summed E-state index contributed by atoms with van der Waals surface area (Å²) in [6.45, 7) is 6.13. The number of esters is 1. The first-order chi connectivity index (χ1) is 8.38. The van der Waals surface area contributed by atoms with Gasteiger partial charge in [0.05, 0.1) is 18.7 Å². The van der Waals surface area contributed by atoms with Crippen molar-refractivity contribution < 1.29 is 14.3 Å². The molecule has 0 fully saturated rings. The van der Waals surface area contributed by atoms with Gasteiger partial charge < -0.3 is 10.1 Å². The normalized spacial score (nSPS) is 15.9. The Morgan fingerprint density at radius 2 is 2.11 bits per heavy atom. The van der Waals surface area contributed by atoms with Crippen LogP contribution in [0.5, 0.6) is 0 Å². The predicted molar refractivity (Wildman–Crippen MR) is 67.3 cm³/mol. The highest BCUT2D eigenvalue weighted by Gasteiger charge is 2.36. The first-order valence-electron chi connectivity index (χ1n) is 6.04. The SMILES string of the molecule is CCOC(=O)C1=C(NC(C)C)C(=O)N(N(C)C)C1. The van der Waals surface area contributed by atoms with Crippen LogP contribution in [0.15, 0.2) is 11.3 Å². The molecule has 0 saturated heterocycles. The molecule has 0 aromatic heterocycles. The average molecular weight is 255 g/mol. The Labute approximate surface area is 108 Å². The minimum atomic E-state index is -0.432. The summed E-state index contributed by atoms with van der Waals surface area (Å²) >= 11 is 0. The van der Waals surface area contributed by atoms with E-state index in [-0.39, 0.29) is 18.5 Å². The third kappa shape index (κ3) is 3.01. The lowest BCUT2D eigenvalue weighted by Crippen LogP contribution is -2.41. The molecule has 0 unspecified atom stereocenters. The molecule has 18 heavy (non-hydrogen) atoms. The lowest BCUT2D eigenvalue weighted by Gasteiger charge is -2.24. The van der Waals surface area contributed by atoms with Gasteiger partial charge in [-0.15, -0.1) is 0 Å². The summed E-state index contributed by atoms with van der Waals surface area (Å²) in [6.07, 6.45) is 0. The summed E-state index contributed by atoms with van der Waals surface area (Å²) in [5.41, 5.74) is 0.737. The number of ether oxygens (including phenoxy) is 1. The number of nitrogens with one attached hydrogen (secondary N) is 1. The van der Waals surface area contributed by atoms with Crippen molar-refractivity contribution in [1.29, 1.82) is 0 Å². The molecule has 1 N–H and O–H groups in total. The van der Waals surface area contributed by atoms with Crippen molar-refractivity contribution in [3.8, 4) is 0 Å². The standard InChI is InChI=1S/C12H21N3O3/c1-6-18-12(17)9-7-15(14(4)5)11(16)10(9)13-8(2)3/h8,13H,6-7H2,1-5H3. The van der Waals surface area contributed by atoms with Gasteiger partial charge in [0.25, 0.3) is 5.91 Å². The molecule has 6 heteroatoms. The largest absolute Gasteiger partial charge is 0.463 e. The molecule has 1 aliphatic rings. The molecule has 1 amide bonds. The topological polar surface area (TPSA) is 61.9 Å². The van der Waals surface area contributed by atoms with E-state index in [0.29, 0.717) is 17.9 Å². The van der Waals surface area contributed by atoms with E-state index in [2.05, 4.69) is 5.32 Å². The van der Waals surface area contributed by atoms with Gasteiger partial charge in [0, 0.05) is 20.1 Å². The molecule has 6 nitrogen and oxygen atoms in total. The highest BCUT2D eigenvalue weighted by molar-refractivity contribution is 6.06. The van der Waals surface area contributed by atoms with Crippen molar-refractivity contribution in [2.45, 2.75) is 26.8 Å². The fourth-order valence-electron chi connectivity index (χ4n) is 1.70. The third-order valence-corrected chi connectivity index (χ3v) is 2.50. The van der Waals surface area contributed by atoms with Crippen LogP contribution in [-0.4, -0.2) is 55.2 Å². The quantitative estimate of drug-likeness (QED) is 0.707. The Kier molecular flexibility index (Phi) is 4.72. The number of rotatable bonds is 5. The van der Waals surface area contributed by atoms with Gasteiger partial charge in [-0.3, -0.25) is 9.80 Å². The smallest absolute Gasteiger partial charge is 0.338 e. The molecular formula is C12H21N3O3. The lowest BCUT2D eigenvalue weighted by molar-refractivity contribution is -0.139. The average Bonchev–Trinajstić information content (AvgIpc) is 2.56. The van der Waals surface area contributed by atoms with Crippen LogP contribution in [0.25, 0.3) is 0 Å². The second-order valence-electron chi connectivity index (χ2n) is 4.58. The summed E-state index contributed by atoms with van der Waals surface area (Å²) in [5.74, 6) is -0.630. The predicted octanol–water partition coefficient (Wildman–Crippen LogP) is 0.120. The first-order valence-corrected chi connectivity index (χ1v) is 6.04. The molecule has 0 spiro atoms. The third-order valence-electron chi connectivity index (χ3n) is 2.50. The van der Waals surface area contributed by atoms with E-state index >= 15 is 0 Å². The second-order valence-corrected chi connectivity index (χ2v) is 4.58. The summed E-state index contributed by atoms with van der Waals surface area (Å²) in [5, 5.41) is 6.19. The van der Waals surface area contributed by atoms with Crippen LogP contribution in [0.1, 0.15) is 20.8 Å². The van der Waals surface area contributed by atoms with Crippen LogP contribution in [0.2, 0.25) is 0 Å². The Bertz CT molecular complexity index is 375. The molecule has 0 aromatic carbocycles. The fourth-order valence-corrected chi connectivity index (χ4v) is 1.70. The van der Waals surface area contributed by atoms with E-state index in [9.17, 15) is 9.59 Å². The number of hydrogen-bond donors (Lipinski definition) is 1. The summed E-state index contributed by atoms with van der Waals surface area (Å²) in [4.78, 5) is 24.0. The zero-order chi connectivity index (χ0) is 13.9. The summed E-state index contributed by atoms with van der Waals surface area (Å²) < 4.78 is 4.98. The van der Waals surface area contributed by atoms with Gasteiger partial charge in [-0.25, -0.2) is 9.80 Å². The second kappa shape index (κ2) is 5.86. The zero-order valence-electron chi connectivity index (χ0n) is 11.6. The van der Waals surface area contributed by atoms with Crippen LogP contribution in [0, 0.1) is 0 Å². The Morgan fingerprint density at radius 1 is 1.50 bits per heavy atom. The fraction of sp³-hybridized carbons (Fsp3) is 0.667. The van der Waals surface area contributed by atoms with Gasteiger partial charge in [-0.05, 0) is 20.8 Å². The number of hydrogen-bond acceptors (Lipinski definition) is 5. The van der Waals surface area contributed by atoms with Gasteiger partial charge in [-0.2, -0.15) is 0 Å². The van der Waals surface area contributed by atoms with Crippen molar-refractivity contribution >= 4 is 11.9 Å². The molecule has 0 aromatic rings. The Balaban J connectivity index is 3.00. The van der Waals surface area contributed by atoms with Crippen LogP contribution >= 0.6 is 0 Å². The Morgan fingerprint density at radius 3 is 2.56 bits per heavy atom. The van der Waals surface area contributed by atoms with E-state index in [0.717, 1.165) is 0 Å².